The van der Waals surface area contributed by atoms with Crippen LogP contribution in [0.3, 0.4) is 0 Å². The Bertz CT molecular complexity index is 246. The zero-order chi connectivity index (χ0) is 11.5. The van der Waals surface area contributed by atoms with Gasteiger partial charge in [-0.2, -0.15) is 0 Å². The number of rotatable bonds is 2. The topological polar surface area (TPSA) is 29.1 Å². The molecule has 0 aromatic carbocycles. The van der Waals surface area contributed by atoms with Crippen LogP contribution in [-0.4, -0.2) is 27.8 Å². The second-order valence-electron chi connectivity index (χ2n) is 5.66. The minimum atomic E-state index is -0.523. The molecule has 0 aromatic heterocycles. The monoisotopic (exact) mass is 243 g/mol. The van der Waals surface area contributed by atoms with Gasteiger partial charge in [-0.15, -0.1) is 0 Å². The molecule has 2 nitrogen and oxygen atoms in total. The Morgan fingerprint density at radius 3 is 2.44 bits per heavy atom. The zero-order valence-electron chi connectivity index (χ0n) is 10.6. The second kappa shape index (κ2) is 5.63. The lowest BCUT2D eigenvalue weighted by molar-refractivity contribution is 0.190. The predicted molar refractivity (Wildman–Crippen MR) is 70.0 cm³/mol. The summed E-state index contributed by atoms with van der Waals surface area (Å²) in [5.41, 5.74) is 0. The van der Waals surface area contributed by atoms with Crippen LogP contribution in [0.15, 0.2) is 0 Å². The largest absolute Gasteiger partial charge is 0.311 e. The number of hydrogen-bond acceptors (Lipinski definition) is 2. The third-order valence-electron chi connectivity index (χ3n) is 4.54. The van der Waals surface area contributed by atoms with Gasteiger partial charge >= 0.3 is 0 Å². The van der Waals surface area contributed by atoms with Crippen molar-refractivity contribution in [3.05, 3.63) is 0 Å². The normalized spacial score (nSPS) is 45.5. The average molecular weight is 243 g/mol. The van der Waals surface area contributed by atoms with Gasteiger partial charge in [-0.3, -0.25) is 4.21 Å². The van der Waals surface area contributed by atoms with Gasteiger partial charge in [0.2, 0.25) is 0 Å². The first kappa shape index (κ1) is 12.6. The number of nitrogens with one attached hydrogen (secondary N) is 1. The maximum absolute atomic E-state index is 11.3. The fraction of sp³-hybridized carbons (Fsp3) is 1.00. The van der Waals surface area contributed by atoms with Gasteiger partial charge in [0.25, 0.3) is 0 Å². The molecule has 3 atom stereocenters. The Hall–Kier alpha value is 0.110. The van der Waals surface area contributed by atoms with E-state index >= 15 is 0 Å². The van der Waals surface area contributed by atoms with Crippen LogP contribution in [0, 0.1) is 11.8 Å². The molecule has 1 aliphatic heterocycles. The summed E-state index contributed by atoms with van der Waals surface area (Å²) >= 11 is 0. The van der Waals surface area contributed by atoms with Crippen LogP contribution in [0.2, 0.25) is 0 Å². The molecule has 1 saturated heterocycles. The summed E-state index contributed by atoms with van der Waals surface area (Å²) in [5, 5.41) is 3.82. The van der Waals surface area contributed by atoms with Crippen molar-refractivity contribution in [1.29, 1.82) is 0 Å². The van der Waals surface area contributed by atoms with Gasteiger partial charge in [0.1, 0.15) is 0 Å². The Balaban J connectivity index is 1.82. The van der Waals surface area contributed by atoms with Crippen LogP contribution in [0.5, 0.6) is 0 Å². The van der Waals surface area contributed by atoms with Crippen LogP contribution in [0.4, 0.5) is 0 Å². The lowest BCUT2D eigenvalue weighted by atomic mass is 9.77. The van der Waals surface area contributed by atoms with Crippen LogP contribution in [-0.2, 0) is 10.8 Å². The van der Waals surface area contributed by atoms with Gasteiger partial charge in [-0.25, -0.2) is 0 Å². The Labute approximate surface area is 102 Å². The van der Waals surface area contributed by atoms with Gasteiger partial charge in [-0.05, 0) is 31.1 Å². The molecule has 1 aliphatic carbocycles. The molecule has 0 aromatic rings. The molecule has 3 heteroatoms. The van der Waals surface area contributed by atoms with Gasteiger partial charge < -0.3 is 5.32 Å². The van der Waals surface area contributed by atoms with Crippen molar-refractivity contribution >= 4 is 10.8 Å². The molecule has 0 bridgehead atoms. The third-order valence-corrected chi connectivity index (χ3v) is 5.93. The zero-order valence-corrected chi connectivity index (χ0v) is 11.4. The Morgan fingerprint density at radius 1 is 1.06 bits per heavy atom. The van der Waals surface area contributed by atoms with E-state index in [0.29, 0.717) is 12.1 Å². The van der Waals surface area contributed by atoms with Crippen molar-refractivity contribution in [1.82, 2.24) is 5.32 Å². The molecule has 3 unspecified atom stereocenters. The maximum atomic E-state index is 11.3. The predicted octanol–water partition coefficient (Wildman–Crippen LogP) is 2.31. The lowest BCUT2D eigenvalue weighted by Crippen LogP contribution is -2.47. The molecule has 0 amide bonds. The first-order valence-corrected chi connectivity index (χ1v) is 8.26. The van der Waals surface area contributed by atoms with E-state index in [9.17, 15) is 4.21 Å². The fourth-order valence-corrected chi connectivity index (χ4v) is 4.38. The smallest absolute Gasteiger partial charge is 0.0249 e. The number of hydrogen-bond donors (Lipinski definition) is 1. The van der Waals surface area contributed by atoms with Crippen LogP contribution in [0.25, 0.3) is 0 Å². The van der Waals surface area contributed by atoms with Crippen molar-refractivity contribution in [2.45, 2.75) is 58.0 Å². The summed E-state index contributed by atoms with van der Waals surface area (Å²) in [5.74, 6) is 3.49. The summed E-state index contributed by atoms with van der Waals surface area (Å²) in [6, 6.07) is 1.34. The molecule has 2 fully saturated rings. The van der Waals surface area contributed by atoms with Crippen molar-refractivity contribution in [2.75, 3.05) is 11.5 Å². The highest BCUT2D eigenvalue weighted by Crippen LogP contribution is 2.30. The molecule has 2 aliphatic rings. The van der Waals surface area contributed by atoms with Crippen LogP contribution in [0.1, 0.15) is 46.0 Å². The summed E-state index contributed by atoms with van der Waals surface area (Å²) in [6.07, 6.45) is 6.34. The Morgan fingerprint density at radius 2 is 1.75 bits per heavy atom. The van der Waals surface area contributed by atoms with Crippen LogP contribution < -0.4 is 5.32 Å². The van der Waals surface area contributed by atoms with Gasteiger partial charge in [-0.1, -0.05) is 26.7 Å². The fourth-order valence-electron chi connectivity index (χ4n) is 3.08. The summed E-state index contributed by atoms with van der Waals surface area (Å²) in [6.45, 7) is 4.77. The highest BCUT2D eigenvalue weighted by atomic mass is 32.2. The molecule has 2 rings (SSSR count). The van der Waals surface area contributed by atoms with E-state index in [1.807, 2.05) is 0 Å². The highest BCUT2D eigenvalue weighted by molar-refractivity contribution is 7.85. The van der Waals surface area contributed by atoms with Gasteiger partial charge in [0.15, 0.2) is 0 Å². The lowest BCUT2D eigenvalue weighted by Gasteiger charge is -2.38. The van der Waals surface area contributed by atoms with E-state index in [2.05, 4.69) is 19.2 Å². The van der Waals surface area contributed by atoms with E-state index in [1.54, 1.807) is 0 Å². The van der Waals surface area contributed by atoms with E-state index in [4.69, 9.17) is 0 Å². The standard InChI is InChI=1S/C13H25NOS/c1-10-4-3-5-13(11(10)2)14-12-6-8-16(15)9-7-12/h10-14H,3-9H2,1-2H3. The minimum Gasteiger partial charge on any atom is -0.311 e. The molecule has 0 radical (unpaired) electrons. The molecule has 1 heterocycles. The second-order valence-corrected chi connectivity index (χ2v) is 7.36. The van der Waals surface area contributed by atoms with E-state index in [1.165, 1.54) is 19.3 Å². The van der Waals surface area contributed by atoms with Crippen molar-refractivity contribution in [3.8, 4) is 0 Å². The maximum Gasteiger partial charge on any atom is 0.0249 e. The molecule has 16 heavy (non-hydrogen) atoms. The van der Waals surface area contributed by atoms with E-state index < -0.39 is 10.8 Å². The minimum absolute atomic E-state index is 0.523. The SMILES string of the molecule is CC1CCCC(NC2CCS(=O)CC2)C1C. The third kappa shape index (κ3) is 3.07. The van der Waals surface area contributed by atoms with Crippen molar-refractivity contribution in [3.63, 3.8) is 0 Å². The van der Waals surface area contributed by atoms with Gasteiger partial charge in [0, 0.05) is 34.4 Å². The van der Waals surface area contributed by atoms with Crippen LogP contribution >= 0.6 is 0 Å². The summed E-state index contributed by atoms with van der Waals surface area (Å²) < 4.78 is 11.3. The van der Waals surface area contributed by atoms with Gasteiger partial charge in [0.05, 0.1) is 0 Å². The summed E-state index contributed by atoms with van der Waals surface area (Å²) in [4.78, 5) is 0. The first-order valence-electron chi connectivity index (χ1n) is 6.78. The average Bonchev–Trinajstić information content (AvgIpc) is 2.28. The molecular formula is C13H25NOS. The highest BCUT2D eigenvalue weighted by Gasteiger charge is 2.29. The van der Waals surface area contributed by atoms with E-state index in [0.717, 1.165) is 36.2 Å². The molecule has 0 spiro atoms. The van der Waals surface area contributed by atoms with Crippen molar-refractivity contribution < 1.29 is 4.21 Å². The molecule has 94 valence electrons. The molecular weight excluding hydrogens is 218 g/mol. The Kier molecular flexibility index (Phi) is 4.42. The first-order chi connectivity index (χ1) is 7.66. The van der Waals surface area contributed by atoms with Crippen molar-refractivity contribution in [2.24, 2.45) is 11.8 Å². The quantitative estimate of drug-likeness (QED) is 0.806. The molecule has 1 saturated carbocycles. The molecule has 1 N–H and O–H groups in total. The van der Waals surface area contributed by atoms with E-state index in [-0.39, 0.29) is 0 Å². The summed E-state index contributed by atoms with van der Waals surface area (Å²) in [7, 11) is -0.523.